The number of amides is 1. The molecule has 6 heteroatoms. The summed E-state index contributed by atoms with van der Waals surface area (Å²) in [6, 6.07) is 3.18. The third-order valence-corrected chi connectivity index (χ3v) is 2.00. The summed E-state index contributed by atoms with van der Waals surface area (Å²) in [6.07, 6.45) is 4.25. The summed E-state index contributed by atoms with van der Waals surface area (Å²) in [5, 5.41) is 0. The number of aryl methyl sites for hydroxylation is 1. The lowest BCUT2D eigenvalue weighted by atomic mass is 10.3. The number of nitrogens with zero attached hydrogens (tertiary/aromatic N) is 3. The van der Waals surface area contributed by atoms with Gasteiger partial charge in [-0.2, -0.15) is 0 Å². The van der Waals surface area contributed by atoms with Gasteiger partial charge >= 0.3 is 0 Å². The van der Waals surface area contributed by atoms with Gasteiger partial charge in [0.2, 0.25) is 11.8 Å². The quantitative estimate of drug-likeness (QED) is 0.851. The molecule has 6 nitrogen and oxygen atoms in total. The van der Waals surface area contributed by atoms with E-state index in [-0.39, 0.29) is 5.56 Å². The van der Waals surface area contributed by atoms with Crippen LogP contribution in [0.3, 0.4) is 0 Å². The second-order valence-corrected chi connectivity index (χ2v) is 3.37. The Hall–Kier alpha value is -2.50. The molecule has 2 aromatic rings. The Balaban J connectivity index is 2.24. The molecule has 0 spiro atoms. The Morgan fingerprint density at radius 3 is 2.82 bits per heavy atom. The first kappa shape index (κ1) is 11.0. The van der Waals surface area contributed by atoms with Crippen molar-refractivity contribution in [2.45, 2.75) is 6.92 Å². The van der Waals surface area contributed by atoms with E-state index in [0.717, 1.165) is 5.69 Å². The van der Waals surface area contributed by atoms with Crippen molar-refractivity contribution in [3.05, 3.63) is 42.1 Å². The summed E-state index contributed by atoms with van der Waals surface area (Å²) in [7, 11) is 0. The molecule has 0 aliphatic heterocycles. The fraction of sp³-hybridized carbons (Fsp3) is 0.0909. The zero-order valence-corrected chi connectivity index (χ0v) is 9.12. The van der Waals surface area contributed by atoms with Crippen LogP contribution in [0, 0.1) is 6.92 Å². The van der Waals surface area contributed by atoms with Crippen molar-refractivity contribution in [1.29, 1.82) is 0 Å². The monoisotopic (exact) mass is 230 g/mol. The Kier molecular flexibility index (Phi) is 2.95. The van der Waals surface area contributed by atoms with Crippen molar-refractivity contribution in [1.82, 2.24) is 15.0 Å². The highest BCUT2D eigenvalue weighted by atomic mass is 16.5. The second kappa shape index (κ2) is 4.56. The number of pyridine rings is 1. The van der Waals surface area contributed by atoms with E-state index in [2.05, 4.69) is 15.0 Å². The Labute approximate surface area is 97.5 Å². The van der Waals surface area contributed by atoms with Crippen LogP contribution >= 0.6 is 0 Å². The molecule has 0 aromatic carbocycles. The lowest BCUT2D eigenvalue weighted by Gasteiger charge is -2.04. The van der Waals surface area contributed by atoms with Crippen molar-refractivity contribution >= 4 is 5.91 Å². The lowest BCUT2D eigenvalue weighted by molar-refractivity contribution is 0.0999. The molecule has 0 unspecified atom stereocenters. The third-order valence-electron chi connectivity index (χ3n) is 2.00. The number of ether oxygens (including phenoxy) is 1. The fourth-order valence-electron chi connectivity index (χ4n) is 1.22. The molecule has 0 aliphatic rings. The molecule has 0 aliphatic carbocycles. The van der Waals surface area contributed by atoms with Gasteiger partial charge in [-0.15, -0.1) is 0 Å². The topological polar surface area (TPSA) is 91.0 Å². The maximum Gasteiger partial charge on any atom is 0.250 e. The first-order valence-corrected chi connectivity index (χ1v) is 4.86. The van der Waals surface area contributed by atoms with Gasteiger partial charge < -0.3 is 10.5 Å². The molecule has 2 heterocycles. The maximum atomic E-state index is 11.0. The van der Waals surface area contributed by atoms with Gasteiger partial charge in [-0.05, 0) is 13.0 Å². The van der Waals surface area contributed by atoms with Crippen LogP contribution in [0.25, 0.3) is 0 Å². The number of aromatic nitrogens is 3. The minimum absolute atomic E-state index is 0.285. The van der Waals surface area contributed by atoms with Gasteiger partial charge in [0.05, 0.1) is 11.8 Å². The van der Waals surface area contributed by atoms with Gasteiger partial charge in [-0.25, -0.2) is 9.97 Å². The number of hydrogen-bond donors (Lipinski definition) is 1. The average molecular weight is 230 g/mol. The van der Waals surface area contributed by atoms with E-state index in [1.165, 1.54) is 24.8 Å². The summed E-state index contributed by atoms with van der Waals surface area (Å²) in [5.74, 6) is 0.238. The summed E-state index contributed by atoms with van der Waals surface area (Å²) in [6.45, 7) is 1.83. The summed E-state index contributed by atoms with van der Waals surface area (Å²) in [4.78, 5) is 22.7. The largest absolute Gasteiger partial charge is 0.437 e. The van der Waals surface area contributed by atoms with Crippen LogP contribution < -0.4 is 10.5 Å². The van der Waals surface area contributed by atoms with Crippen LogP contribution in [-0.2, 0) is 0 Å². The molecule has 0 saturated heterocycles. The standard InChI is InChI=1S/C11H10N4O2/c1-7-2-10(15-6-14-7)17-9-3-8(11(12)16)4-13-5-9/h2-6H,1H3,(H2,12,16). The molecule has 2 rings (SSSR count). The SMILES string of the molecule is Cc1cc(Oc2cncc(C(N)=O)c2)ncn1. The van der Waals surface area contributed by atoms with Gasteiger partial charge in [0, 0.05) is 18.0 Å². The normalized spacial score (nSPS) is 9.94. The Bertz CT molecular complexity index is 557. The van der Waals surface area contributed by atoms with Crippen LogP contribution in [0.2, 0.25) is 0 Å². The predicted molar refractivity (Wildman–Crippen MR) is 59.6 cm³/mol. The number of carbonyl (C=O) groups excluding carboxylic acids is 1. The third kappa shape index (κ3) is 2.75. The molecule has 0 radical (unpaired) electrons. The first-order valence-electron chi connectivity index (χ1n) is 4.86. The molecule has 0 atom stereocenters. The van der Waals surface area contributed by atoms with E-state index < -0.39 is 5.91 Å². The van der Waals surface area contributed by atoms with E-state index in [4.69, 9.17) is 10.5 Å². The number of primary amides is 1. The van der Waals surface area contributed by atoms with Crippen LogP contribution in [0.5, 0.6) is 11.6 Å². The van der Waals surface area contributed by atoms with E-state index in [1.807, 2.05) is 6.92 Å². The summed E-state index contributed by atoms with van der Waals surface area (Å²) in [5.41, 5.74) is 6.21. The molecule has 2 N–H and O–H groups in total. The molecular weight excluding hydrogens is 220 g/mol. The molecule has 1 amide bonds. The van der Waals surface area contributed by atoms with Crippen LogP contribution in [0.15, 0.2) is 30.9 Å². The van der Waals surface area contributed by atoms with Crippen molar-refractivity contribution in [3.63, 3.8) is 0 Å². The molecular formula is C11H10N4O2. The van der Waals surface area contributed by atoms with Gasteiger partial charge in [0.25, 0.3) is 0 Å². The van der Waals surface area contributed by atoms with E-state index >= 15 is 0 Å². The van der Waals surface area contributed by atoms with Crippen molar-refractivity contribution in [2.24, 2.45) is 5.73 Å². The van der Waals surface area contributed by atoms with Crippen molar-refractivity contribution < 1.29 is 9.53 Å². The smallest absolute Gasteiger partial charge is 0.250 e. The zero-order valence-electron chi connectivity index (χ0n) is 9.12. The van der Waals surface area contributed by atoms with E-state index in [1.54, 1.807) is 6.07 Å². The highest BCUT2D eigenvalue weighted by Gasteiger charge is 2.04. The minimum Gasteiger partial charge on any atom is -0.437 e. The summed E-state index contributed by atoms with van der Waals surface area (Å²) >= 11 is 0. The molecule has 0 saturated carbocycles. The molecule has 17 heavy (non-hydrogen) atoms. The maximum absolute atomic E-state index is 11.0. The second-order valence-electron chi connectivity index (χ2n) is 3.37. The Morgan fingerprint density at radius 2 is 2.12 bits per heavy atom. The number of nitrogens with two attached hydrogens (primary N) is 1. The average Bonchev–Trinajstić information content (AvgIpc) is 2.29. The fourth-order valence-corrected chi connectivity index (χ4v) is 1.22. The van der Waals surface area contributed by atoms with Crippen molar-refractivity contribution in [2.75, 3.05) is 0 Å². The molecule has 0 bridgehead atoms. The minimum atomic E-state index is -0.554. The zero-order chi connectivity index (χ0) is 12.3. The van der Waals surface area contributed by atoms with Gasteiger partial charge in [0.15, 0.2) is 0 Å². The number of rotatable bonds is 3. The Morgan fingerprint density at radius 1 is 1.29 bits per heavy atom. The predicted octanol–water partition coefficient (Wildman–Crippen LogP) is 1.07. The molecule has 0 fully saturated rings. The molecule has 86 valence electrons. The highest BCUT2D eigenvalue weighted by molar-refractivity contribution is 5.92. The number of carbonyl (C=O) groups is 1. The molecule has 2 aromatic heterocycles. The first-order chi connectivity index (χ1) is 8.15. The van der Waals surface area contributed by atoms with E-state index in [0.29, 0.717) is 11.6 Å². The van der Waals surface area contributed by atoms with E-state index in [9.17, 15) is 4.79 Å². The van der Waals surface area contributed by atoms with Crippen LogP contribution in [0.4, 0.5) is 0 Å². The highest BCUT2D eigenvalue weighted by Crippen LogP contribution is 2.18. The van der Waals surface area contributed by atoms with Gasteiger partial charge in [0.1, 0.15) is 12.1 Å². The van der Waals surface area contributed by atoms with Gasteiger partial charge in [-0.1, -0.05) is 0 Å². The van der Waals surface area contributed by atoms with Crippen molar-refractivity contribution in [3.8, 4) is 11.6 Å². The number of hydrogen-bond acceptors (Lipinski definition) is 5. The lowest BCUT2D eigenvalue weighted by Crippen LogP contribution is -2.11. The van der Waals surface area contributed by atoms with Crippen LogP contribution in [0.1, 0.15) is 16.1 Å². The summed E-state index contributed by atoms with van der Waals surface area (Å²) < 4.78 is 5.43. The van der Waals surface area contributed by atoms with Gasteiger partial charge in [-0.3, -0.25) is 9.78 Å². The van der Waals surface area contributed by atoms with Crippen LogP contribution in [-0.4, -0.2) is 20.9 Å².